The van der Waals surface area contributed by atoms with Crippen molar-refractivity contribution in [2.45, 2.75) is 26.8 Å². The fourth-order valence-electron chi connectivity index (χ4n) is 2.18. The maximum atomic E-state index is 12.1. The highest BCUT2D eigenvalue weighted by Gasteiger charge is 2.31. The molecule has 1 aliphatic rings. The fourth-order valence-corrected chi connectivity index (χ4v) is 2.52. The number of likely N-dealkylation sites (tertiary alicyclic amines) is 1. The fraction of sp³-hybridized carbons (Fsp3) is 0.429. The summed E-state index contributed by atoms with van der Waals surface area (Å²) in [5.74, 6) is -0.0617. The van der Waals surface area contributed by atoms with E-state index in [2.05, 4.69) is 26.6 Å². The molecule has 0 aromatic heterocycles. The van der Waals surface area contributed by atoms with Crippen molar-refractivity contribution in [3.63, 3.8) is 0 Å². The van der Waals surface area contributed by atoms with E-state index < -0.39 is 0 Å². The number of halogens is 1. The van der Waals surface area contributed by atoms with E-state index in [0.29, 0.717) is 13.1 Å². The quantitative estimate of drug-likeness (QED) is 0.869. The Kier molecular flexibility index (Phi) is 4.32. The van der Waals surface area contributed by atoms with Crippen LogP contribution in [0.5, 0.6) is 0 Å². The van der Waals surface area contributed by atoms with Crippen LogP contribution in [0.2, 0.25) is 0 Å². The second-order valence-electron chi connectivity index (χ2n) is 5.15. The van der Waals surface area contributed by atoms with Gasteiger partial charge in [-0.05, 0) is 31.0 Å². The van der Waals surface area contributed by atoms with Crippen molar-refractivity contribution in [1.29, 1.82) is 0 Å². The van der Waals surface area contributed by atoms with Crippen molar-refractivity contribution in [1.82, 2.24) is 10.2 Å². The van der Waals surface area contributed by atoms with E-state index in [0.717, 1.165) is 21.3 Å². The van der Waals surface area contributed by atoms with Crippen LogP contribution < -0.4 is 10.6 Å². The first-order chi connectivity index (χ1) is 9.36. The normalized spacial score (nSPS) is 14.7. The molecule has 6 heteroatoms. The number of aryl methyl sites for hydroxylation is 2. The lowest BCUT2D eigenvalue weighted by atomic mass is 10.1. The molecule has 0 radical (unpaired) electrons. The zero-order valence-electron chi connectivity index (χ0n) is 11.8. The van der Waals surface area contributed by atoms with Crippen LogP contribution >= 0.6 is 15.9 Å². The van der Waals surface area contributed by atoms with Gasteiger partial charge in [-0.15, -0.1) is 0 Å². The molecule has 3 amide bonds. The van der Waals surface area contributed by atoms with Crippen LogP contribution in [0.4, 0.5) is 10.5 Å². The summed E-state index contributed by atoms with van der Waals surface area (Å²) in [7, 11) is 0. The predicted octanol–water partition coefficient (Wildman–Crippen LogP) is 2.42. The SMILES string of the molecule is CC(=O)NC1CN(C(=O)Nc2cc(Br)c(C)cc2C)C1. The Morgan fingerprint density at radius 1 is 1.25 bits per heavy atom. The van der Waals surface area contributed by atoms with Gasteiger partial charge in [0.15, 0.2) is 0 Å². The Bertz CT molecular complexity index is 554. The number of benzene rings is 1. The molecule has 1 fully saturated rings. The van der Waals surface area contributed by atoms with Crippen LogP contribution in [-0.2, 0) is 4.79 Å². The van der Waals surface area contributed by atoms with Gasteiger partial charge in [-0.25, -0.2) is 4.79 Å². The molecule has 0 atom stereocenters. The molecule has 2 rings (SSSR count). The summed E-state index contributed by atoms with van der Waals surface area (Å²) >= 11 is 3.46. The zero-order chi connectivity index (χ0) is 14.9. The maximum Gasteiger partial charge on any atom is 0.321 e. The van der Waals surface area contributed by atoms with Crippen LogP contribution in [0.1, 0.15) is 18.1 Å². The summed E-state index contributed by atoms with van der Waals surface area (Å²) in [4.78, 5) is 24.6. The van der Waals surface area contributed by atoms with Gasteiger partial charge in [-0.2, -0.15) is 0 Å². The molecule has 108 valence electrons. The van der Waals surface area contributed by atoms with Crippen molar-refractivity contribution >= 4 is 33.6 Å². The average Bonchev–Trinajstić information content (AvgIpc) is 2.29. The number of nitrogens with zero attached hydrogens (tertiary/aromatic N) is 1. The number of carbonyl (C=O) groups is 2. The molecule has 0 bridgehead atoms. The predicted molar refractivity (Wildman–Crippen MR) is 81.8 cm³/mol. The Balaban J connectivity index is 1.93. The molecule has 2 N–H and O–H groups in total. The van der Waals surface area contributed by atoms with E-state index in [1.807, 2.05) is 26.0 Å². The van der Waals surface area contributed by atoms with Gasteiger partial charge in [0, 0.05) is 30.2 Å². The van der Waals surface area contributed by atoms with E-state index in [-0.39, 0.29) is 18.0 Å². The van der Waals surface area contributed by atoms with E-state index in [1.165, 1.54) is 6.92 Å². The zero-order valence-corrected chi connectivity index (χ0v) is 13.4. The molecule has 1 saturated heterocycles. The van der Waals surface area contributed by atoms with Gasteiger partial charge < -0.3 is 15.5 Å². The molecule has 1 aromatic rings. The molecule has 1 heterocycles. The highest BCUT2D eigenvalue weighted by Crippen LogP contribution is 2.25. The molecule has 0 aliphatic carbocycles. The first-order valence-corrected chi connectivity index (χ1v) is 7.26. The van der Waals surface area contributed by atoms with Gasteiger partial charge in [-0.3, -0.25) is 4.79 Å². The monoisotopic (exact) mass is 339 g/mol. The van der Waals surface area contributed by atoms with Gasteiger partial charge in [-0.1, -0.05) is 22.0 Å². The van der Waals surface area contributed by atoms with Gasteiger partial charge in [0.1, 0.15) is 0 Å². The Hall–Kier alpha value is -1.56. The standard InChI is InChI=1S/C14H18BrN3O2/c1-8-4-9(2)13(5-12(8)15)17-14(20)18-6-11(7-18)16-10(3)19/h4-5,11H,6-7H2,1-3H3,(H,16,19)(H,17,20). The van der Waals surface area contributed by atoms with E-state index in [4.69, 9.17) is 0 Å². The van der Waals surface area contributed by atoms with Crippen LogP contribution in [0.25, 0.3) is 0 Å². The van der Waals surface area contributed by atoms with E-state index >= 15 is 0 Å². The third-order valence-corrected chi connectivity index (χ3v) is 4.18. The second kappa shape index (κ2) is 5.83. The minimum atomic E-state index is -0.134. The minimum Gasteiger partial charge on any atom is -0.350 e. The Morgan fingerprint density at radius 3 is 2.50 bits per heavy atom. The first kappa shape index (κ1) is 14.8. The molecule has 0 unspecified atom stereocenters. The summed E-state index contributed by atoms with van der Waals surface area (Å²) < 4.78 is 0.970. The number of hydrogen-bond acceptors (Lipinski definition) is 2. The van der Waals surface area contributed by atoms with Crippen molar-refractivity contribution in [3.05, 3.63) is 27.7 Å². The first-order valence-electron chi connectivity index (χ1n) is 6.46. The number of urea groups is 1. The minimum absolute atomic E-state index is 0.0617. The third kappa shape index (κ3) is 3.30. The highest BCUT2D eigenvalue weighted by molar-refractivity contribution is 9.10. The maximum absolute atomic E-state index is 12.1. The van der Waals surface area contributed by atoms with E-state index in [9.17, 15) is 9.59 Å². The molecule has 20 heavy (non-hydrogen) atoms. The number of hydrogen-bond donors (Lipinski definition) is 2. The summed E-state index contributed by atoms with van der Waals surface area (Å²) in [5, 5.41) is 5.69. The summed E-state index contributed by atoms with van der Waals surface area (Å²) in [5.41, 5.74) is 2.96. The van der Waals surface area contributed by atoms with Gasteiger partial charge >= 0.3 is 6.03 Å². The third-order valence-electron chi connectivity index (χ3n) is 3.32. The van der Waals surface area contributed by atoms with Crippen LogP contribution in [-0.4, -0.2) is 36.0 Å². The Morgan fingerprint density at radius 2 is 1.90 bits per heavy atom. The lowest BCUT2D eigenvalue weighted by Crippen LogP contribution is -2.61. The largest absolute Gasteiger partial charge is 0.350 e. The van der Waals surface area contributed by atoms with Gasteiger partial charge in [0.2, 0.25) is 5.91 Å². The van der Waals surface area contributed by atoms with Crippen molar-refractivity contribution < 1.29 is 9.59 Å². The lowest BCUT2D eigenvalue weighted by molar-refractivity contribution is -0.120. The smallest absolute Gasteiger partial charge is 0.321 e. The molecule has 1 aromatic carbocycles. The van der Waals surface area contributed by atoms with E-state index in [1.54, 1.807) is 4.90 Å². The molecular formula is C14H18BrN3O2. The number of amides is 3. The number of carbonyl (C=O) groups excluding carboxylic acids is 2. The molecule has 1 aliphatic heterocycles. The van der Waals surface area contributed by atoms with Crippen molar-refractivity contribution in [2.75, 3.05) is 18.4 Å². The molecule has 0 saturated carbocycles. The molecule has 0 spiro atoms. The summed E-state index contributed by atoms with van der Waals surface area (Å²) in [6.07, 6.45) is 0. The van der Waals surface area contributed by atoms with Crippen molar-refractivity contribution in [2.24, 2.45) is 0 Å². The van der Waals surface area contributed by atoms with Gasteiger partial charge in [0.05, 0.1) is 6.04 Å². The number of nitrogens with one attached hydrogen (secondary N) is 2. The van der Waals surface area contributed by atoms with Crippen LogP contribution in [0.3, 0.4) is 0 Å². The second-order valence-corrected chi connectivity index (χ2v) is 6.00. The highest BCUT2D eigenvalue weighted by atomic mass is 79.9. The summed E-state index contributed by atoms with van der Waals surface area (Å²) in [6, 6.07) is 3.87. The lowest BCUT2D eigenvalue weighted by Gasteiger charge is -2.39. The van der Waals surface area contributed by atoms with Crippen LogP contribution in [0, 0.1) is 13.8 Å². The average molecular weight is 340 g/mol. The molecule has 5 nitrogen and oxygen atoms in total. The van der Waals surface area contributed by atoms with Crippen LogP contribution in [0.15, 0.2) is 16.6 Å². The molecular weight excluding hydrogens is 322 g/mol. The number of rotatable bonds is 2. The van der Waals surface area contributed by atoms with Crippen molar-refractivity contribution in [3.8, 4) is 0 Å². The number of anilines is 1. The van der Waals surface area contributed by atoms with Gasteiger partial charge in [0.25, 0.3) is 0 Å². The topological polar surface area (TPSA) is 61.4 Å². The Labute approximate surface area is 126 Å². The summed E-state index contributed by atoms with van der Waals surface area (Å²) in [6.45, 7) is 6.56.